The quantitative estimate of drug-likeness (QED) is 0.0259. The minimum atomic E-state index is -1.78. The second kappa shape index (κ2) is 62.5. The highest BCUT2D eigenvalue weighted by Gasteiger charge is 2.51. The highest BCUT2D eigenvalue weighted by Crippen LogP contribution is 2.31. The largest absolute Gasteiger partial charge is 0.394 e. The SMILES string of the molecule is CCCCCCCCCCCCCCCCCCCCCCCCCCCCCCCCCCCC(=O)NC(COC1OC(CO)C(OC2OC(CO)C(O)C(O)C2O)C(O)C1O)C(O)CCCCCCCCCCCCCCCCCCCCCCCCCC. The van der Waals surface area contributed by atoms with E-state index >= 15 is 0 Å². The van der Waals surface area contributed by atoms with Crippen molar-refractivity contribution >= 4 is 5.91 Å². The molecule has 14 nitrogen and oxygen atoms in total. The van der Waals surface area contributed by atoms with Crippen molar-refractivity contribution in [3.05, 3.63) is 0 Å². The van der Waals surface area contributed by atoms with E-state index in [1.807, 2.05) is 0 Å². The number of hydrogen-bond acceptors (Lipinski definition) is 13. The predicted octanol–water partition coefficient (Wildman–Crippen LogP) is 17.5. The zero-order valence-corrected chi connectivity index (χ0v) is 59.4. The van der Waals surface area contributed by atoms with Crippen LogP contribution in [0.15, 0.2) is 0 Å². The third-order valence-corrected chi connectivity index (χ3v) is 20.1. The lowest BCUT2D eigenvalue weighted by molar-refractivity contribution is -0.359. The van der Waals surface area contributed by atoms with E-state index in [-0.39, 0.29) is 12.5 Å². The molecule has 2 rings (SSSR count). The number of ether oxygens (including phenoxy) is 4. The molecule has 91 heavy (non-hydrogen) atoms. The van der Waals surface area contributed by atoms with Crippen molar-refractivity contribution in [2.45, 2.75) is 466 Å². The molecule has 0 saturated carbocycles. The average Bonchev–Trinajstić information content (AvgIpc) is 1.28. The summed E-state index contributed by atoms with van der Waals surface area (Å²) in [5.74, 6) is -0.195. The Bertz CT molecular complexity index is 1530. The first-order valence-corrected chi connectivity index (χ1v) is 39.8. The monoisotopic (exact) mass is 1300 g/mol. The normalized spacial score (nSPS) is 22.7. The van der Waals surface area contributed by atoms with E-state index in [0.717, 1.165) is 51.4 Å². The summed E-state index contributed by atoms with van der Waals surface area (Å²) < 4.78 is 23.0. The van der Waals surface area contributed by atoms with Gasteiger partial charge in [0.1, 0.15) is 48.8 Å². The molecule has 0 bridgehead atoms. The molecule has 9 N–H and O–H groups in total. The predicted molar refractivity (Wildman–Crippen MR) is 374 cm³/mol. The summed E-state index contributed by atoms with van der Waals surface area (Å²) in [6.45, 7) is 2.95. The Morgan fingerprint density at radius 2 is 0.626 bits per heavy atom. The number of nitrogens with one attached hydrogen (secondary N) is 1. The van der Waals surface area contributed by atoms with Crippen molar-refractivity contribution in [1.29, 1.82) is 0 Å². The fourth-order valence-electron chi connectivity index (χ4n) is 13.8. The van der Waals surface area contributed by atoms with Crippen LogP contribution in [-0.4, -0.2) is 140 Å². The van der Waals surface area contributed by atoms with Gasteiger partial charge in [-0.3, -0.25) is 4.79 Å². The van der Waals surface area contributed by atoms with Crippen molar-refractivity contribution < 1.29 is 64.6 Å². The molecule has 2 aliphatic heterocycles. The van der Waals surface area contributed by atoms with Gasteiger partial charge < -0.3 is 65.1 Å². The van der Waals surface area contributed by atoms with Crippen LogP contribution in [0.2, 0.25) is 0 Å². The highest BCUT2D eigenvalue weighted by molar-refractivity contribution is 5.76. The average molecular weight is 1300 g/mol. The third kappa shape index (κ3) is 46.0. The third-order valence-electron chi connectivity index (χ3n) is 20.1. The Morgan fingerprint density at radius 1 is 0.352 bits per heavy atom. The van der Waals surface area contributed by atoms with Crippen LogP contribution < -0.4 is 5.32 Å². The van der Waals surface area contributed by atoms with E-state index in [9.17, 15) is 45.6 Å². The summed E-state index contributed by atoms with van der Waals surface area (Å²) in [4.78, 5) is 13.4. The smallest absolute Gasteiger partial charge is 0.220 e. The topological polar surface area (TPSA) is 228 Å². The Kier molecular flexibility index (Phi) is 59.1. The van der Waals surface area contributed by atoms with Crippen LogP contribution in [0.4, 0.5) is 0 Å². The zero-order valence-electron chi connectivity index (χ0n) is 59.4. The first-order valence-electron chi connectivity index (χ1n) is 39.8. The molecule has 0 radical (unpaired) electrons. The number of carbonyl (C=O) groups is 1. The lowest BCUT2D eigenvalue weighted by Gasteiger charge is -2.46. The molecule has 12 unspecified atom stereocenters. The zero-order chi connectivity index (χ0) is 65.9. The molecule has 1 amide bonds. The van der Waals surface area contributed by atoms with Gasteiger partial charge in [-0.05, 0) is 12.8 Å². The summed E-state index contributed by atoms with van der Waals surface area (Å²) >= 11 is 0. The van der Waals surface area contributed by atoms with E-state index < -0.39 is 86.8 Å². The van der Waals surface area contributed by atoms with Crippen molar-refractivity contribution in [2.24, 2.45) is 0 Å². The minimum Gasteiger partial charge on any atom is -0.394 e. The van der Waals surface area contributed by atoms with Gasteiger partial charge in [-0.25, -0.2) is 0 Å². The fraction of sp³-hybridized carbons (Fsp3) is 0.987. The second-order valence-corrected chi connectivity index (χ2v) is 28.6. The molecule has 0 aliphatic carbocycles. The van der Waals surface area contributed by atoms with Crippen LogP contribution >= 0.6 is 0 Å². The number of unbranched alkanes of at least 4 members (excludes halogenated alkanes) is 55. The fourth-order valence-corrected chi connectivity index (χ4v) is 13.8. The van der Waals surface area contributed by atoms with E-state index in [0.29, 0.717) is 12.8 Å². The molecule has 2 aliphatic rings. The molecule has 2 fully saturated rings. The van der Waals surface area contributed by atoms with Gasteiger partial charge in [-0.2, -0.15) is 0 Å². The van der Waals surface area contributed by atoms with Crippen LogP contribution in [0, 0.1) is 0 Å². The van der Waals surface area contributed by atoms with E-state index in [2.05, 4.69) is 19.2 Å². The van der Waals surface area contributed by atoms with E-state index in [1.54, 1.807) is 0 Å². The number of amides is 1. The number of aliphatic hydroxyl groups is 8. The maximum absolute atomic E-state index is 13.4. The van der Waals surface area contributed by atoms with Gasteiger partial charge in [0.05, 0.1) is 32.0 Å². The maximum atomic E-state index is 13.4. The second-order valence-electron chi connectivity index (χ2n) is 28.6. The standard InChI is InChI=1S/C77H151NO13/c1-3-5-7-9-11-13-15-17-19-21-23-25-27-29-30-31-32-33-34-35-36-37-39-41-43-45-47-49-51-53-55-57-59-61-69(82)78-65(64-88-76-74(87)72(85)75(68(63-80)90-76)91-77-73(86)71(84)70(83)67(62-79)89-77)66(81)60-58-56-54-52-50-48-46-44-42-40-38-28-26-24-22-20-18-16-14-12-10-8-6-4-2/h65-68,70-77,79-81,83-87H,3-64H2,1-2H3,(H,78,82). The molecule has 0 spiro atoms. The van der Waals surface area contributed by atoms with Gasteiger partial charge in [-0.15, -0.1) is 0 Å². The van der Waals surface area contributed by atoms with Gasteiger partial charge in [0.15, 0.2) is 12.6 Å². The van der Waals surface area contributed by atoms with Crippen LogP contribution in [0.1, 0.15) is 393 Å². The lowest BCUT2D eigenvalue weighted by atomic mass is 9.97. The van der Waals surface area contributed by atoms with Gasteiger partial charge >= 0.3 is 0 Å². The Morgan fingerprint density at radius 3 is 0.934 bits per heavy atom. The van der Waals surface area contributed by atoms with Crippen LogP contribution in [0.25, 0.3) is 0 Å². The molecular weight excluding hydrogens is 1150 g/mol. The van der Waals surface area contributed by atoms with Crippen LogP contribution in [0.3, 0.4) is 0 Å². The van der Waals surface area contributed by atoms with Gasteiger partial charge in [0.25, 0.3) is 0 Å². The molecular formula is C77H151NO13. The molecule has 14 heteroatoms. The number of carbonyl (C=O) groups excluding carboxylic acids is 1. The number of aliphatic hydroxyl groups excluding tert-OH is 8. The summed E-state index contributed by atoms with van der Waals surface area (Å²) in [6, 6.07) is -0.825. The maximum Gasteiger partial charge on any atom is 0.220 e. The Labute approximate surface area is 559 Å². The molecule has 0 aromatic heterocycles. The minimum absolute atomic E-state index is 0.195. The van der Waals surface area contributed by atoms with Crippen molar-refractivity contribution in [2.75, 3.05) is 19.8 Å². The van der Waals surface area contributed by atoms with E-state index in [1.165, 1.54) is 315 Å². The van der Waals surface area contributed by atoms with Crippen molar-refractivity contribution in [1.82, 2.24) is 5.32 Å². The van der Waals surface area contributed by atoms with Crippen molar-refractivity contribution in [3.8, 4) is 0 Å². The Balaban J connectivity index is 1.59. The first kappa shape index (κ1) is 86.1. The molecule has 0 aromatic carbocycles. The Hall–Kier alpha value is -1.01. The summed E-state index contributed by atoms with van der Waals surface area (Å²) in [6.07, 6.45) is 60.1. The summed E-state index contributed by atoms with van der Waals surface area (Å²) in [5, 5.41) is 87.8. The number of rotatable bonds is 68. The van der Waals surface area contributed by atoms with Gasteiger partial charge in [0, 0.05) is 6.42 Å². The van der Waals surface area contributed by atoms with Gasteiger partial charge in [0.2, 0.25) is 5.91 Å². The van der Waals surface area contributed by atoms with Gasteiger partial charge in [-0.1, -0.05) is 373 Å². The summed E-state index contributed by atoms with van der Waals surface area (Å²) in [7, 11) is 0. The molecule has 12 atom stereocenters. The first-order chi connectivity index (χ1) is 44.6. The van der Waals surface area contributed by atoms with Crippen molar-refractivity contribution in [3.63, 3.8) is 0 Å². The molecule has 0 aromatic rings. The van der Waals surface area contributed by atoms with Crippen LogP contribution in [0.5, 0.6) is 0 Å². The van der Waals surface area contributed by atoms with E-state index in [4.69, 9.17) is 18.9 Å². The van der Waals surface area contributed by atoms with Crippen LogP contribution in [-0.2, 0) is 23.7 Å². The molecule has 2 saturated heterocycles. The molecule has 2 heterocycles. The summed E-state index contributed by atoms with van der Waals surface area (Å²) in [5.41, 5.74) is 0. The number of hydrogen-bond donors (Lipinski definition) is 9. The lowest BCUT2D eigenvalue weighted by Crippen LogP contribution is -2.65. The molecule has 542 valence electrons. The highest BCUT2D eigenvalue weighted by atomic mass is 16.7.